The molecule has 3 rings (SSSR count). The molecule has 1 aliphatic rings. The van der Waals surface area contributed by atoms with Crippen molar-refractivity contribution in [1.29, 1.82) is 0 Å². The number of nitrogens with one attached hydrogen (secondary N) is 1. The van der Waals surface area contributed by atoms with Crippen LogP contribution in [0.25, 0.3) is 0 Å². The minimum absolute atomic E-state index is 0.153. The summed E-state index contributed by atoms with van der Waals surface area (Å²) in [5.41, 5.74) is 7.57. The number of hydrogen-bond acceptors (Lipinski definition) is 5. The van der Waals surface area contributed by atoms with E-state index in [1.807, 2.05) is 7.05 Å². The SMILES string of the molecule is CC(C)c1nn(C)c(Sc2n[nH]c(=O)n2C2CC2)c1N. The van der Waals surface area contributed by atoms with Crippen LogP contribution in [0, 0.1) is 0 Å². The average molecular weight is 294 g/mol. The van der Waals surface area contributed by atoms with E-state index in [0.29, 0.717) is 10.8 Å². The molecule has 7 nitrogen and oxygen atoms in total. The van der Waals surface area contributed by atoms with Gasteiger partial charge in [-0.1, -0.05) is 13.8 Å². The number of nitrogen functional groups attached to an aromatic ring is 1. The molecular formula is C12H18N6OS. The number of nitrogens with two attached hydrogens (primary N) is 1. The highest BCUT2D eigenvalue weighted by molar-refractivity contribution is 7.99. The third kappa shape index (κ3) is 2.13. The van der Waals surface area contributed by atoms with Crippen molar-refractivity contribution in [2.45, 2.75) is 48.8 Å². The first-order chi connectivity index (χ1) is 9.49. The summed E-state index contributed by atoms with van der Waals surface area (Å²) in [7, 11) is 1.86. The van der Waals surface area contributed by atoms with Crippen molar-refractivity contribution in [2.24, 2.45) is 7.05 Å². The highest BCUT2D eigenvalue weighted by Gasteiger charge is 2.29. The fourth-order valence-corrected chi connectivity index (χ4v) is 3.18. The summed E-state index contributed by atoms with van der Waals surface area (Å²) in [5.74, 6) is 0.264. The van der Waals surface area contributed by atoms with E-state index in [0.717, 1.165) is 23.6 Å². The first-order valence-corrected chi connectivity index (χ1v) is 7.47. The molecule has 0 bridgehead atoms. The number of aromatic amines is 1. The Morgan fingerprint density at radius 1 is 1.45 bits per heavy atom. The molecule has 1 saturated carbocycles. The molecule has 108 valence electrons. The Morgan fingerprint density at radius 3 is 2.70 bits per heavy atom. The van der Waals surface area contributed by atoms with Gasteiger partial charge in [-0.05, 0) is 30.5 Å². The quantitative estimate of drug-likeness (QED) is 0.891. The maximum Gasteiger partial charge on any atom is 0.344 e. The molecular weight excluding hydrogens is 276 g/mol. The standard InChI is InChI=1S/C12H18N6OS/c1-6(2)9-8(13)10(17(3)16-9)20-12-15-14-11(19)18(12)7-4-5-7/h6-7H,4-5,13H2,1-3H3,(H,14,19). The summed E-state index contributed by atoms with van der Waals surface area (Å²) < 4.78 is 3.47. The van der Waals surface area contributed by atoms with Crippen LogP contribution in [0.5, 0.6) is 0 Å². The Morgan fingerprint density at radius 2 is 2.15 bits per heavy atom. The van der Waals surface area contributed by atoms with Gasteiger partial charge in [-0.2, -0.15) is 5.10 Å². The van der Waals surface area contributed by atoms with E-state index in [4.69, 9.17) is 5.73 Å². The number of aryl methyl sites for hydroxylation is 1. The van der Waals surface area contributed by atoms with E-state index in [-0.39, 0.29) is 17.6 Å². The lowest BCUT2D eigenvalue weighted by molar-refractivity contribution is 0.636. The molecule has 0 amide bonds. The van der Waals surface area contributed by atoms with Gasteiger partial charge in [-0.3, -0.25) is 9.25 Å². The van der Waals surface area contributed by atoms with E-state index in [1.165, 1.54) is 11.8 Å². The van der Waals surface area contributed by atoms with E-state index in [2.05, 4.69) is 29.1 Å². The van der Waals surface area contributed by atoms with Crippen molar-refractivity contribution in [2.75, 3.05) is 5.73 Å². The van der Waals surface area contributed by atoms with Crippen LogP contribution in [0.4, 0.5) is 5.69 Å². The Balaban J connectivity index is 1.98. The summed E-state index contributed by atoms with van der Waals surface area (Å²) >= 11 is 1.39. The lowest BCUT2D eigenvalue weighted by Crippen LogP contribution is -2.16. The van der Waals surface area contributed by atoms with Gasteiger partial charge in [-0.25, -0.2) is 9.89 Å². The minimum Gasteiger partial charge on any atom is -0.395 e. The average Bonchev–Trinajstić information content (AvgIpc) is 3.10. The van der Waals surface area contributed by atoms with Crippen molar-refractivity contribution in [1.82, 2.24) is 24.5 Å². The third-order valence-corrected chi connectivity index (χ3v) is 4.52. The van der Waals surface area contributed by atoms with Crippen LogP contribution in [0.3, 0.4) is 0 Å². The Hall–Kier alpha value is -1.70. The predicted octanol–water partition coefficient (Wildman–Crippen LogP) is 1.50. The Kier molecular flexibility index (Phi) is 3.12. The monoisotopic (exact) mass is 294 g/mol. The zero-order valence-electron chi connectivity index (χ0n) is 11.8. The van der Waals surface area contributed by atoms with Crippen LogP contribution in [0.1, 0.15) is 44.3 Å². The van der Waals surface area contributed by atoms with Crippen molar-refractivity contribution >= 4 is 17.4 Å². The molecule has 0 atom stereocenters. The van der Waals surface area contributed by atoms with E-state index < -0.39 is 0 Å². The van der Waals surface area contributed by atoms with Crippen LogP contribution >= 0.6 is 11.8 Å². The number of aromatic nitrogens is 5. The highest BCUT2D eigenvalue weighted by atomic mass is 32.2. The molecule has 0 aromatic carbocycles. The number of hydrogen-bond donors (Lipinski definition) is 2. The molecule has 0 radical (unpaired) electrons. The van der Waals surface area contributed by atoms with Crippen molar-refractivity contribution in [3.63, 3.8) is 0 Å². The van der Waals surface area contributed by atoms with Gasteiger partial charge in [0, 0.05) is 13.1 Å². The van der Waals surface area contributed by atoms with Gasteiger partial charge in [0.1, 0.15) is 5.03 Å². The zero-order chi connectivity index (χ0) is 14.4. The predicted molar refractivity (Wildman–Crippen MR) is 77.0 cm³/mol. The first kappa shape index (κ1) is 13.3. The number of anilines is 1. The van der Waals surface area contributed by atoms with Gasteiger partial charge in [0.15, 0.2) is 5.16 Å². The first-order valence-electron chi connectivity index (χ1n) is 6.66. The van der Waals surface area contributed by atoms with Gasteiger partial charge in [0.05, 0.1) is 11.4 Å². The molecule has 2 heterocycles. The molecule has 0 spiro atoms. The molecule has 0 unspecified atom stereocenters. The highest BCUT2D eigenvalue weighted by Crippen LogP contribution is 2.39. The molecule has 0 saturated heterocycles. The molecule has 20 heavy (non-hydrogen) atoms. The minimum atomic E-state index is -0.153. The van der Waals surface area contributed by atoms with Gasteiger partial charge < -0.3 is 5.73 Å². The van der Waals surface area contributed by atoms with E-state index in [9.17, 15) is 4.79 Å². The molecule has 0 aliphatic heterocycles. The van der Waals surface area contributed by atoms with Crippen LogP contribution in [-0.4, -0.2) is 24.5 Å². The lowest BCUT2D eigenvalue weighted by atomic mass is 10.1. The van der Waals surface area contributed by atoms with Crippen LogP contribution in [0.2, 0.25) is 0 Å². The molecule has 2 aromatic rings. The van der Waals surface area contributed by atoms with Gasteiger partial charge >= 0.3 is 5.69 Å². The van der Waals surface area contributed by atoms with Crippen molar-refractivity contribution in [3.05, 3.63) is 16.2 Å². The second-order valence-corrected chi connectivity index (χ2v) is 6.35. The summed E-state index contributed by atoms with van der Waals surface area (Å²) in [6, 6.07) is 0.280. The molecule has 1 aliphatic carbocycles. The Labute approximate surface area is 120 Å². The Bertz CT molecular complexity index is 693. The normalized spacial score (nSPS) is 15.2. The molecule has 8 heteroatoms. The van der Waals surface area contributed by atoms with E-state index in [1.54, 1.807) is 9.25 Å². The summed E-state index contributed by atoms with van der Waals surface area (Å²) in [6.07, 6.45) is 2.07. The summed E-state index contributed by atoms with van der Waals surface area (Å²) in [6.45, 7) is 4.11. The molecule has 3 N–H and O–H groups in total. The van der Waals surface area contributed by atoms with Crippen molar-refractivity contribution in [3.8, 4) is 0 Å². The van der Waals surface area contributed by atoms with Crippen LogP contribution in [0.15, 0.2) is 15.0 Å². The van der Waals surface area contributed by atoms with E-state index >= 15 is 0 Å². The largest absolute Gasteiger partial charge is 0.395 e. The van der Waals surface area contributed by atoms with Crippen LogP contribution < -0.4 is 11.4 Å². The van der Waals surface area contributed by atoms with Gasteiger partial charge in [0.2, 0.25) is 0 Å². The number of nitrogens with zero attached hydrogens (tertiary/aromatic N) is 4. The smallest absolute Gasteiger partial charge is 0.344 e. The fourth-order valence-electron chi connectivity index (χ4n) is 2.20. The topological polar surface area (TPSA) is 94.5 Å². The summed E-state index contributed by atoms with van der Waals surface area (Å²) in [4.78, 5) is 11.8. The lowest BCUT2D eigenvalue weighted by Gasteiger charge is -2.05. The second kappa shape index (κ2) is 4.69. The fraction of sp³-hybridized carbons (Fsp3) is 0.583. The van der Waals surface area contributed by atoms with Crippen molar-refractivity contribution < 1.29 is 0 Å². The third-order valence-electron chi connectivity index (χ3n) is 3.38. The molecule has 1 fully saturated rings. The maximum atomic E-state index is 11.8. The molecule has 2 aromatic heterocycles. The number of rotatable bonds is 4. The van der Waals surface area contributed by atoms with Gasteiger partial charge in [-0.15, -0.1) is 5.10 Å². The second-order valence-electron chi connectivity index (χ2n) is 5.40. The maximum absolute atomic E-state index is 11.8. The number of H-pyrrole nitrogens is 1. The van der Waals surface area contributed by atoms with Gasteiger partial charge in [0.25, 0.3) is 0 Å². The summed E-state index contributed by atoms with van der Waals surface area (Å²) in [5, 5.41) is 12.5. The van der Waals surface area contributed by atoms with Crippen LogP contribution in [-0.2, 0) is 7.05 Å². The zero-order valence-corrected chi connectivity index (χ0v) is 12.6.